The maximum atomic E-state index is 12.1. The van der Waals surface area contributed by atoms with Crippen molar-refractivity contribution in [2.24, 2.45) is 0 Å². The van der Waals surface area contributed by atoms with Gasteiger partial charge >= 0.3 is 0 Å². The van der Waals surface area contributed by atoms with Crippen LogP contribution in [0.25, 0.3) is 5.76 Å². The standard InChI is InChI=1S/C23H18O3/c1-25-18-13-11-17(12-14-18)23-20(15-24)22(16-7-3-2-4-8-16)19-9-5-6-10-21(19)26-23/h2-15,22H,1H3/t22-/m1/s1. The molecule has 3 aromatic rings. The zero-order valence-corrected chi connectivity index (χ0v) is 14.4. The summed E-state index contributed by atoms with van der Waals surface area (Å²) in [5, 5.41) is 0. The van der Waals surface area contributed by atoms with Gasteiger partial charge in [0.1, 0.15) is 17.3 Å². The zero-order valence-electron chi connectivity index (χ0n) is 14.4. The summed E-state index contributed by atoms with van der Waals surface area (Å²) in [6.45, 7) is 0. The van der Waals surface area contributed by atoms with Gasteiger partial charge in [-0.25, -0.2) is 0 Å². The van der Waals surface area contributed by atoms with Gasteiger partial charge in [0.2, 0.25) is 0 Å². The lowest BCUT2D eigenvalue weighted by Crippen LogP contribution is -2.17. The van der Waals surface area contributed by atoms with Crippen LogP contribution in [-0.2, 0) is 4.79 Å². The molecule has 1 aliphatic heterocycles. The molecule has 0 bridgehead atoms. The lowest BCUT2D eigenvalue weighted by Gasteiger charge is -2.29. The summed E-state index contributed by atoms with van der Waals surface area (Å²) >= 11 is 0. The minimum atomic E-state index is -0.157. The lowest BCUT2D eigenvalue weighted by molar-refractivity contribution is -0.105. The van der Waals surface area contributed by atoms with Crippen molar-refractivity contribution >= 4 is 12.0 Å². The van der Waals surface area contributed by atoms with Crippen molar-refractivity contribution < 1.29 is 14.3 Å². The summed E-state index contributed by atoms with van der Waals surface area (Å²) in [5.41, 5.74) is 3.54. The van der Waals surface area contributed by atoms with Gasteiger partial charge in [0.15, 0.2) is 6.29 Å². The molecule has 0 amide bonds. The van der Waals surface area contributed by atoms with E-state index in [0.29, 0.717) is 11.3 Å². The Morgan fingerprint density at radius 3 is 2.27 bits per heavy atom. The average Bonchev–Trinajstić information content (AvgIpc) is 2.73. The predicted molar refractivity (Wildman–Crippen MR) is 101 cm³/mol. The van der Waals surface area contributed by atoms with Crippen molar-refractivity contribution in [1.82, 2.24) is 0 Å². The first-order valence-corrected chi connectivity index (χ1v) is 8.47. The monoisotopic (exact) mass is 342 g/mol. The molecule has 0 saturated heterocycles. The molecule has 3 nitrogen and oxygen atoms in total. The summed E-state index contributed by atoms with van der Waals surface area (Å²) in [6.07, 6.45) is 0.910. The minimum Gasteiger partial charge on any atom is -0.497 e. The number of benzene rings is 3. The Hall–Kier alpha value is -3.33. The summed E-state index contributed by atoms with van der Waals surface area (Å²) in [7, 11) is 1.63. The fourth-order valence-corrected chi connectivity index (χ4v) is 3.37. The van der Waals surface area contributed by atoms with Crippen LogP contribution >= 0.6 is 0 Å². The van der Waals surface area contributed by atoms with Gasteiger partial charge < -0.3 is 9.47 Å². The van der Waals surface area contributed by atoms with Crippen LogP contribution in [0, 0.1) is 0 Å². The van der Waals surface area contributed by atoms with Crippen molar-refractivity contribution in [3.05, 3.63) is 101 Å². The van der Waals surface area contributed by atoms with E-state index in [1.54, 1.807) is 7.11 Å². The molecule has 26 heavy (non-hydrogen) atoms. The molecular weight excluding hydrogens is 324 g/mol. The number of fused-ring (bicyclic) bond motifs is 1. The van der Waals surface area contributed by atoms with Gasteiger partial charge in [0.25, 0.3) is 0 Å². The van der Waals surface area contributed by atoms with E-state index < -0.39 is 0 Å². The van der Waals surface area contributed by atoms with Gasteiger partial charge in [-0.05, 0) is 35.9 Å². The first-order chi connectivity index (χ1) is 12.8. The Balaban J connectivity index is 1.91. The van der Waals surface area contributed by atoms with Crippen molar-refractivity contribution in [3.8, 4) is 11.5 Å². The van der Waals surface area contributed by atoms with E-state index in [1.165, 1.54) is 0 Å². The Kier molecular flexibility index (Phi) is 4.28. The second kappa shape index (κ2) is 6.89. The summed E-state index contributed by atoms with van der Waals surface area (Å²) in [6, 6.07) is 25.5. The zero-order chi connectivity index (χ0) is 17.9. The Morgan fingerprint density at radius 2 is 1.58 bits per heavy atom. The number of para-hydroxylation sites is 1. The molecule has 0 radical (unpaired) electrons. The Bertz CT molecular complexity index is 956. The molecule has 1 atom stereocenters. The van der Waals surface area contributed by atoms with Gasteiger partial charge in [-0.15, -0.1) is 0 Å². The number of carbonyl (C=O) groups is 1. The molecule has 0 aromatic heterocycles. The lowest BCUT2D eigenvalue weighted by atomic mass is 9.82. The first-order valence-electron chi connectivity index (χ1n) is 8.47. The first kappa shape index (κ1) is 16.2. The molecule has 0 unspecified atom stereocenters. The molecule has 0 N–H and O–H groups in total. The topological polar surface area (TPSA) is 35.5 Å². The molecule has 3 aromatic carbocycles. The maximum absolute atomic E-state index is 12.1. The minimum absolute atomic E-state index is 0.157. The number of ether oxygens (including phenoxy) is 2. The number of allylic oxidation sites excluding steroid dienone is 1. The largest absolute Gasteiger partial charge is 0.497 e. The molecule has 0 saturated carbocycles. The van der Waals surface area contributed by atoms with Crippen LogP contribution in [0.2, 0.25) is 0 Å². The Morgan fingerprint density at radius 1 is 0.885 bits per heavy atom. The van der Waals surface area contributed by atoms with Crippen LogP contribution in [0.1, 0.15) is 22.6 Å². The quantitative estimate of drug-likeness (QED) is 0.637. The SMILES string of the molecule is COc1ccc(C2=C(C=O)[C@H](c3ccccc3)c3ccccc3O2)cc1. The van der Waals surface area contributed by atoms with E-state index in [0.717, 1.165) is 34.5 Å². The van der Waals surface area contributed by atoms with Crippen LogP contribution in [0.5, 0.6) is 11.5 Å². The van der Waals surface area contributed by atoms with Crippen molar-refractivity contribution in [2.75, 3.05) is 7.11 Å². The third kappa shape index (κ3) is 2.78. The predicted octanol–water partition coefficient (Wildman–Crippen LogP) is 4.83. The van der Waals surface area contributed by atoms with Gasteiger partial charge in [-0.1, -0.05) is 48.5 Å². The van der Waals surface area contributed by atoms with Crippen LogP contribution in [0.15, 0.2) is 84.4 Å². The summed E-state index contributed by atoms with van der Waals surface area (Å²) in [5.74, 6) is 1.97. The molecule has 1 heterocycles. The van der Waals surface area contributed by atoms with Gasteiger partial charge in [0, 0.05) is 22.6 Å². The van der Waals surface area contributed by atoms with Crippen LogP contribution in [0.4, 0.5) is 0 Å². The molecule has 1 aliphatic rings. The van der Waals surface area contributed by atoms with E-state index in [1.807, 2.05) is 78.9 Å². The van der Waals surface area contributed by atoms with E-state index in [2.05, 4.69) is 0 Å². The second-order valence-electron chi connectivity index (χ2n) is 6.11. The van der Waals surface area contributed by atoms with Crippen LogP contribution in [-0.4, -0.2) is 13.4 Å². The van der Waals surface area contributed by atoms with E-state index in [-0.39, 0.29) is 5.92 Å². The van der Waals surface area contributed by atoms with Crippen LogP contribution in [0.3, 0.4) is 0 Å². The second-order valence-corrected chi connectivity index (χ2v) is 6.11. The number of hydrogen-bond acceptors (Lipinski definition) is 3. The van der Waals surface area contributed by atoms with Crippen molar-refractivity contribution in [2.45, 2.75) is 5.92 Å². The molecule has 0 fully saturated rings. The van der Waals surface area contributed by atoms with E-state index in [4.69, 9.17) is 9.47 Å². The van der Waals surface area contributed by atoms with E-state index in [9.17, 15) is 4.79 Å². The van der Waals surface area contributed by atoms with E-state index >= 15 is 0 Å². The van der Waals surface area contributed by atoms with Gasteiger partial charge in [-0.3, -0.25) is 4.79 Å². The summed E-state index contributed by atoms with van der Waals surface area (Å²) < 4.78 is 11.4. The summed E-state index contributed by atoms with van der Waals surface area (Å²) in [4.78, 5) is 12.1. The number of carbonyl (C=O) groups excluding carboxylic acids is 1. The molecular formula is C23H18O3. The number of methoxy groups -OCH3 is 1. The highest BCUT2D eigenvalue weighted by molar-refractivity contribution is 5.91. The van der Waals surface area contributed by atoms with Crippen molar-refractivity contribution in [1.29, 1.82) is 0 Å². The number of hydrogen-bond donors (Lipinski definition) is 0. The number of rotatable bonds is 4. The third-order valence-corrected chi connectivity index (χ3v) is 4.63. The molecule has 3 heteroatoms. The Labute approximate surface area is 152 Å². The highest BCUT2D eigenvalue weighted by Crippen LogP contribution is 2.44. The average molecular weight is 342 g/mol. The van der Waals surface area contributed by atoms with Gasteiger partial charge in [0.05, 0.1) is 7.11 Å². The van der Waals surface area contributed by atoms with Gasteiger partial charge in [-0.2, -0.15) is 0 Å². The highest BCUT2D eigenvalue weighted by atomic mass is 16.5. The fourth-order valence-electron chi connectivity index (χ4n) is 3.37. The fraction of sp³-hybridized carbons (Fsp3) is 0.0870. The van der Waals surface area contributed by atoms with Crippen LogP contribution < -0.4 is 9.47 Å². The molecule has 0 spiro atoms. The van der Waals surface area contributed by atoms with Crippen molar-refractivity contribution in [3.63, 3.8) is 0 Å². The highest BCUT2D eigenvalue weighted by Gasteiger charge is 2.31. The third-order valence-electron chi connectivity index (χ3n) is 4.63. The molecule has 4 rings (SSSR count). The molecule has 0 aliphatic carbocycles. The normalized spacial score (nSPS) is 15.8. The number of aldehydes is 1. The smallest absolute Gasteiger partial charge is 0.150 e. The molecule has 128 valence electrons. The maximum Gasteiger partial charge on any atom is 0.150 e.